The lowest BCUT2D eigenvalue weighted by atomic mass is 10.2. The number of aromatic nitrogens is 5. The number of carbonyl (C=O) groups is 1. The van der Waals surface area contributed by atoms with Gasteiger partial charge in [0.25, 0.3) is 0 Å². The Labute approximate surface area is 88.5 Å². The van der Waals surface area contributed by atoms with Crippen molar-refractivity contribution in [2.45, 2.75) is 6.54 Å². The summed E-state index contributed by atoms with van der Waals surface area (Å²) < 4.78 is 14.0. The number of halogens is 1. The molecule has 0 atom stereocenters. The molecule has 0 amide bonds. The zero-order valence-electron chi connectivity index (χ0n) is 7.91. The fraction of sp³-hybridized carbons (Fsp3) is 0.125. The number of rotatable bonds is 3. The largest absolute Gasteiger partial charge is 0.480 e. The lowest BCUT2D eigenvalue weighted by Crippen LogP contribution is -2.11. The van der Waals surface area contributed by atoms with Crippen LogP contribution in [0.15, 0.2) is 18.5 Å². The van der Waals surface area contributed by atoms with Crippen molar-refractivity contribution in [1.29, 1.82) is 0 Å². The van der Waals surface area contributed by atoms with Crippen LogP contribution in [0.4, 0.5) is 4.39 Å². The maximum absolute atomic E-state index is 12.9. The minimum atomic E-state index is -1.09. The molecule has 1 N–H and O–H groups in total. The van der Waals surface area contributed by atoms with E-state index in [2.05, 4.69) is 20.5 Å². The SMILES string of the molecule is O=C(O)Cn1nnnc1-c1cncc(F)c1. The van der Waals surface area contributed by atoms with E-state index >= 15 is 0 Å². The molecule has 0 aliphatic rings. The summed E-state index contributed by atoms with van der Waals surface area (Å²) in [5.74, 6) is -1.46. The van der Waals surface area contributed by atoms with E-state index < -0.39 is 18.3 Å². The molecule has 0 radical (unpaired) electrons. The molecule has 0 saturated carbocycles. The van der Waals surface area contributed by atoms with E-state index in [1.165, 1.54) is 12.3 Å². The summed E-state index contributed by atoms with van der Waals surface area (Å²) >= 11 is 0. The molecule has 0 saturated heterocycles. The van der Waals surface area contributed by atoms with Crippen LogP contribution in [0.25, 0.3) is 11.4 Å². The standard InChI is InChI=1S/C8H6FN5O2/c9-6-1-5(2-10-3-6)8-11-12-13-14(8)4-7(15)16/h1-3H,4H2,(H,15,16). The highest BCUT2D eigenvalue weighted by Gasteiger charge is 2.12. The molecule has 0 aliphatic heterocycles. The van der Waals surface area contributed by atoms with Crippen molar-refractivity contribution in [2.75, 3.05) is 0 Å². The number of hydrogen-bond donors (Lipinski definition) is 1. The third-order valence-electron chi connectivity index (χ3n) is 1.78. The Kier molecular flexibility index (Phi) is 2.54. The van der Waals surface area contributed by atoms with Gasteiger partial charge in [-0.25, -0.2) is 9.07 Å². The van der Waals surface area contributed by atoms with Gasteiger partial charge < -0.3 is 5.11 Å². The lowest BCUT2D eigenvalue weighted by molar-refractivity contribution is -0.137. The minimum Gasteiger partial charge on any atom is -0.480 e. The molecule has 7 nitrogen and oxygen atoms in total. The number of pyridine rings is 1. The fourth-order valence-corrected chi connectivity index (χ4v) is 1.18. The monoisotopic (exact) mass is 223 g/mol. The van der Waals surface area contributed by atoms with Crippen molar-refractivity contribution in [3.63, 3.8) is 0 Å². The number of carboxylic acid groups (broad SMARTS) is 1. The highest BCUT2D eigenvalue weighted by Crippen LogP contribution is 2.14. The van der Waals surface area contributed by atoms with Crippen LogP contribution < -0.4 is 0 Å². The van der Waals surface area contributed by atoms with Crippen molar-refractivity contribution >= 4 is 5.97 Å². The Balaban J connectivity index is 2.40. The Morgan fingerprint density at radius 2 is 2.31 bits per heavy atom. The van der Waals surface area contributed by atoms with E-state index in [0.717, 1.165) is 10.9 Å². The maximum Gasteiger partial charge on any atom is 0.325 e. The summed E-state index contributed by atoms with van der Waals surface area (Å²) in [7, 11) is 0. The molecule has 0 unspecified atom stereocenters. The van der Waals surface area contributed by atoms with Crippen molar-refractivity contribution in [3.8, 4) is 11.4 Å². The first-order valence-corrected chi connectivity index (χ1v) is 4.25. The predicted molar refractivity (Wildman–Crippen MR) is 48.6 cm³/mol. The number of aliphatic carboxylic acids is 1. The Morgan fingerprint density at radius 1 is 1.50 bits per heavy atom. The van der Waals surface area contributed by atoms with Gasteiger partial charge >= 0.3 is 5.97 Å². The van der Waals surface area contributed by atoms with Crippen LogP contribution in [-0.2, 0) is 11.3 Å². The first-order valence-electron chi connectivity index (χ1n) is 4.25. The van der Waals surface area contributed by atoms with Gasteiger partial charge in [-0.1, -0.05) is 0 Å². The summed E-state index contributed by atoms with van der Waals surface area (Å²) in [4.78, 5) is 14.1. The quantitative estimate of drug-likeness (QED) is 0.784. The number of hydrogen-bond acceptors (Lipinski definition) is 5. The molecule has 0 fully saturated rings. The van der Waals surface area contributed by atoms with Gasteiger partial charge in [0.1, 0.15) is 12.4 Å². The summed E-state index contributed by atoms with van der Waals surface area (Å²) in [6.45, 7) is -0.390. The predicted octanol–water partition coefficient (Wildman–Crippen LogP) is -0.0412. The van der Waals surface area contributed by atoms with Crippen molar-refractivity contribution in [3.05, 3.63) is 24.3 Å². The van der Waals surface area contributed by atoms with E-state index in [4.69, 9.17) is 5.11 Å². The molecule has 0 aromatic carbocycles. The Morgan fingerprint density at radius 3 is 3.00 bits per heavy atom. The first kappa shape index (κ1) is 10.1. The van der Waals surface area contributed by atoms with Crippen LogP contribution in [0.3, 0.4) is 0 Å². The van der Waals surface area contributed by atoms with Gasteiger partial charge in [-0.05, 0) is 16.5 Å². The fourth-order valence-electron chi connectivity index (χ4n) is 1.18. The smallest absolute Gasteiger partial charge is 0.325 e. The second kappa shape index (κ2) is 4.01. The molecule has 8 heteroatoms. The summed E-state index contributed by atoms with van der Waals surface area (Å²) in [5.41, 5.74) is 0.325. The number of nitrogens with zero attached hydrogens (tertiary/aromatic N) is 5. The minimum absolute atomic E-state index is 0.161. The Hall–Kier alpha value is -2.38. The van der Waals surface area contributed by atoms with Gasteiger partial charge in [-0.2, -0.15) is 0 Å². The third kappa shape index (κ3) is 2.00. The van der Waals surface area contributed by atoms with E-state index in [-0.39, 0.29) is 5.82 Å². The van der Waals surface area contributed by atoms with Gasteiger partial charge in [-0.15, -0.1) is 5.10 Å². The average molecular weight is 223 g/mol. The molecule has 2 rings (SSSR count). The third-order valence-corrected chi connectivity index (χ3v) is 1.78. The zero-order valence-corrected chi connectivity index (χ0v) is 7.91. The zero-order chi connectivity index (χ0) is 11.5. The second-order valence-electron chi connectivity index (χ2n) is 2.95. The second-order valence-corrected chi connectivity index (χ2v) is 2.95. The summed E-state index contributed by atoms with van der Waals surface area (Å²) in [5, 5.41) is 19.0. The van der Waals surface area contributed by atoms with Crippen LogP contribution >= 0.6 is 0 Å². The molecule has 82 valence electrons. The summed E-state index contributed by atoms with van der Waals surface area (Å²) in [6, 6.07) is 1.18. The molecule has 2 aromatic rings. The maximum atomic E-state index is 12.9. The van der Waals surface area contributed by atoms with Crippen LogP contribution in [0, 0.1) is 5.82 Å². The van der Waals surface area contributed by atoms with E-state index in [1.54, 1.807) is 0 Å². The van der Waals surface area contributed by atoms with Gasteiger partial charge in [-0.3, -0.25) is 9.78 Å². The van der Waals surface area contributed by atoms with Crippen LogP contribution in [0.2, 0.25) is 0 Å². The lowest BCUT2D eigenvalue weighted by Gasteiger charge is -2.00. The van der Waals surface area contributed by atoms with E-state index in [0.29, 0.717) is 5.56 Å². The molecule has 16 heavy (non-hydrogen) atoms. The van der Waals surface area contributed by atoms with E-state index in [1.807, 2.05) is 0 Å². The molecule has 2 aromatic heterocycles. The average Bonchev–Trinajstić information content (AvgIpc) is 2.65. The number of tetrazole rings is 1. The molecule has 0 spiro atoms. The van der Waals surface area contributed by atoms with E-state index in [9.17, 15) is 9.18 Å². The summed E-state index contributed by atoms with van der Waals surface area (Å²) in [6.07, 6.45) is 2.39. The van der Waals surface area contributed by atoms with Crippen LogP contribution in [-0.4, -0.2) is 36.3 Å². The van der Waals surface area contributed by atoms with Crippen molar-refractivity contribution in [2.24, 2.45) is 0 Å². The molecular weight excluding hydrogens is 217 g/mol. The Bertz CT molecular complexity index is 527. The topological polar surface area (TPSA) is 93.8 Å². The van der Waals surface area contributed by atoms with Gasteiger partial charge in [0, 0.05) is 11.8 Å². The van der Waals surface area contributed by atoms with Crippen molar-refractivity contribution < 1.29 is 14.3 Å². The normalized spacial score (nSPS) is 10.3. The molecule has 0 bridgehead atoms. The van der Waals surface area contributed by atoms with Crippen LogP contribution in [0.5, 0.6) is 0 Å². The molecule has 2 heterocycles. The molecular formula is C8H6FN5O2. The highest BCUT2D eigenvalue weighted by atomic mass is 19.1. The number of carboxylic acids is 1. The van der Waals surface area contributed by atoms with Crippen molar-refractivity contribution in [1.82, 2.24) is 25.2 Å². The van der Waals surface area contributed by atoms with Gasteiger partial charge in [0.2, 0.25) is 0 Å². The van der Waals surface area contributed by atoms with Crippen LogP contribution in [0.1, 0.15) is 0 Å². The first-order chi connectivity index (χ1) is 7.66. The van der Waals surface area contributed by atoms with Gasteiger partial charge in [0.15, 0.2) is 5.82 Å². The van der Waals surface area contributed by atoms with Gasteiger partial charge in [0.05, 0.1) is 6.20 Å². The highest BCUT2D eigenvalue weighted by molar-refractivity contribution is 5.67. The molecule has 0 aliphatic carbocycles.